The number of carboxylic acid groups (broad SMARTS) is 1. The Morgan fingerprint density at radius 1 is 0.973 bits per heavy atom. The minimum absolute atomic E-state index is 0.173. The smallest absolute Gasteiger partial charge is 0.341 e. The predicted octanol–water partition coefficient (Wildman–Crippen LogP) is 6.20. The number of benzene rings is 3. The molecule has 1 fully saturated rings. The van der Waals surface area contributed by atoms with Gasteiger partial charge in [0.25, 0.3) is 5.91 Å². The Balaban J connectivity index is 1.78. The van der Waals surface area contributed by atoms with Crippen LogP contribution in [-0.2, 0) is 9.59 Å². The van der Waals surface area contributed by atoms with Gasteiger partial charge in [-0.3, -0.25) is 9.69 Å². The van der Waals surface area contributed by atoms with E-state index in [9.17, 15) is 9.59 Å². The molecule has 0 aliphatic carbocycles. The van der Waals surface area contributed by atoms with E-state index >= 15 is 0 Å². The topological polar surface area (TPSA) is 88.4 Å². The molecule has 8 heteroatoms. The summed E-state index contributed by atoms with van der Waals surface area (Å²) in [6.45, 7) is 7.51. The van der Waals surface area contributed by atoms with E-state index in [1.165, 1.54) is 18.9 Å². The Morgan fingerprint density at radius 2 is 1.68 bits per heavy atom. The average molecular weight is 517 g/mol. The van der Waals surface area contributed by atoms with Crippen LogP contribution in [0.1, 0.15) is 27.8 Å². The zero-order valence-electron chi connectivity index (χ0n) is 21.4. The maximum Gasteiger partial charge on any atom is 0.341 e. The second kappa shape index (κ2) is 10.9. The van der Waals surface area contributed by atoms with Crippen molar-refractivity contribution in [2.75, 3.05) is 18.6 Å². The number of carboxylic acids is 1. The summed E-state index contributed by atoms with van der Waals surface area (Å²) < 4.78 is 10.7. The number of aliphatic imine (C=N–C) groups is 1. The number of aliphatic carboxylic acids is 1. The van der Waals surface area contributed by atoms with Crippen LogP contribution in [0.25, 0.3) is 6.08 Å². The van der Waals surface area contributed by atoms with E-state index in [2.05, 4.69) is 0 Å². The quantitative estimate of drug-likeness (QED) is 0.376. The highest BCUT2D eigenvalue weighted by Crippen LogP contribution is 2.40. The van der Waals surface area contributed by atoms with Gasteiger partial charge >= 0.3 is 5.97 Å². The maximum atomic E-state index is 13.8. The molecule has 3 aromatic carbocycles. The molecule has 0 radical (unpaired) electrons. The first-order valence-corrected chi connectivity index (χ1v) is 12.5. The van der Waals surface area contributed by atoms with Crippen LogP contribution >= 0.6 is 11.8 Å². The van der Waals surface area contributed by atoms with Crippen molar-refractivity contribution in [1.82, 2.24) is 0 Å². The van der Waals surface area contributed by atoms with E-state index < -0.39 is 12.6 Å². The van der Waals surface area contributed by atoms with Gasteiger partial charge in [0.1, 0.15) is 0 Å². The van der Waals surface area contributed by atoms with Crippen LogP contribution in [-0.4, -0.2) is 35.9 Å². The summed E-state index contributed by atoms with van der Waals surface area (Å²) in [4.78, 5) is 31.7. The molecule has 1 N–H and O–H groups in total. The first-order valence-electron chi connectivity index (χ1n) is 11.7. The molecular formula is C29H28N2O5S. The SMILES string of the molecule is COc1cc(/C=C2/SC(=Nc3cc(C)ccc3C)N(c3cc(C)ccc3C)C2=O)ccc1OCC(=O)O. The molecule has 4 rings (SSSR count). The summed E-state index contributed by atoms with van der Waals surface area (Å²) >= 11 is 1.31. The van der Waals surface area contributed by atoms with Crippen LogP contribution in [0.2, 0.25) is 0 Å². The third-order valence-corrected chi connectivity index (χ3v) is 6.80. The molecule has 190 valence electrons. The van der Waals surface area contributed by atoms with Crippen molar-refractivity contribution >= 4 is 46.3 Å². The molecule has 0 atom stereocenters. The molecule has 0 spiro atoms. The molecule has 1 amide bonds. The third-order valence-electron chi connectivity index (χ3n) is 5.83. The predicted molar refractivity (Wildman–Crippen MR) is 148 cm³/mol. The molecule has 0 unspecified atom stereocenters. The third kappa shape index (κ3) is 5.86. The monoisotopic (exact) mass is 516 g/mol. The van der Waals surface area contributed by atoms with Gasteiger partial charge in [-0.1, -0.05) is 30.3 Å². The van der Waals surface area contributed by atoms with Crippen molar-refractivity contribution in [2.24, 2.45) is 4.99 Å². The van der Waals surface area contributed by atoms with Crippen molar-refractivity contribution < 1.29 is 24.2 Å². The molecule has 3 aromatic rings. The lowest BCUT2D eigenvalue weighted by molar-refractivity contribution is -0.139. The standard InChI is InChI=1S/C29H28N2O5S/c1-17-6-8-19(3)22(12-17)30-29-31(23-13-18(2)7-9-20(23)4)28(34)26(37-29)15-21-10-11-24(25(14-21)35-5)36-16-27(32)33/h6-15H,16H2,1-5H3,(H,32,33)/b26-15+,30-29?. The fourth-order valence-corrected chi connectivity index (χ4v) is 4.84. The highest BCUT2D eigenvalue weighted by Gasteiger charge is 2.35. The number of thioether (sulfide) groups is 1. The summed E-state index contributed by atoms with van der Waals surface area (Å²) in [6, 6.07) is 17.2. The van der Waals surface area contributed by atoms with Gasteiger partial charge < -0.3 is 14.6 Å². The lowest BCUT2D eigenvalue weighted by Gasteiger charge is -2.19. The molecule has 1 heterocycles. The van der Waals surface area contributed by atoms with Gasteiger partial charge in [-0.15, -0.1) is 0 Å². The number of hydrogen-bond acceptors (Lipinski definition) is 6. The molecule has 7 nitrogen and oxygen atoms in total. The van der Waals surface area contributed by atoms with Crippen LogP contribution in [0.5, 0.6) is 11.5 Å². The summed E-state index contributed by atoms with van der Waals surface area (Å²) in [7, 11) is 1.48. The number of carbonyl (C=O) groups is 2. The summed E-state index contributed by atoms with van der Waals surface area (Å²) in [5.41, 5.74) is 6.44. The minimum Gasteiger partial charge on any atom is -0.493 e. The van der Waals surface area contributed by atoms with Crippen LogP contribution < -0.4 is 14.4 Å². The van der Waals surface area contributed by atoms with Crippen molar-refractivity contribution in [3.8, 4) is 11.5 Å². The Labute approximate surface area is 220 Å². The lowest BCUT2D eigenvalue weighted by atomic mass is 10.1. The van der Waals surface area contributed by atoms with E-state index in [4.69, 9.17) is 19.6 Å². The normalized spacial score (nSPS) is 15.5. The first-order chi connectivity index (χ1) is 17.7. The second-order valence-electron chi connectivity index (χ2n) is 8.82. The number of amidine groups is 1. The summed E-state index contributed by atoms with van der Waals surface area (Å²) in [5.74, 6) is -0.565. The van der Waals surface area contributed by atoms with Crippen molar-refractivity contribution in [3.63, 3.8) is 0 Å². The van der Waals surface area contributed by atoms with Crippen LogP contribution in [0.4, 0.5) is 11.4 Å². The Hall–Kier alpha value is -4.04. The number of amides is 1. The van der Waals surface area contributed by atoms with Gasteiger partial charge in [-0.25, -0.2) is 9.79 Å². The zero-order valence-corrected chi connectivity index (χ0v) is 22.2. The summed E-state index contributed by atoms with van der Waals surface area (Å²) in [6.07, 6.45) is 1.78. The van der Waals surface area contributed by atoms with E-state index in [0.29, 0.717) is 27.1 Å². The van der Waals surface area contributed by atoms with E-state index in [1.807, 2.05) is 64.1 Å². The maximum absolute atomic E-state index is 13.8. The Morgan fingerprint density at radius 3 is 2.38 bits per heavy atom. The molecule has 1 saturated heterocycles. The van der Waals surface area contributed by atoms with Crippen molar-refractivity contribution in [3.05, 3.63) is 87.3 Å². The number of hydrogen-bond donors (Lipinski definition) is 1. The summed E-state index contributed by atoms with van der Waals surface area (Å²) in [5, 5.41) is 9.47. The van der Waals surface area contributed by atoms with Gasteiger partial charge in [0.2, 0.25) is 0 Å². The van der Waals surface area contributed by atoms with Gasteiger partial charge in [0.15, 0.2) is 23.3 Å². The number of ether oxygens (including phenoxy) is 2. The fourth-order valence-electron chi connectivity index (χ4n) is 3.85. The highest BCUT2D eigenvalue weighted by molar-refractivity contribution is 8.19. The molecule has 0 bridgehead atoms. The number of methoxy groups -OCH3 is 1. The van der Waals surface area contributed by atoms with Crippen LogP contribution in [0.15, 0.2) is 64.5 Å². The molecular weight excluding hydrogens is 488 g/mol. The number of anilines is 1. The van der Waals surface area contributed by atoms with Gasteiger partial charge in [0, 0.05) is 0 Å². The van der Waals surface area contributed by atoms with Gasteiger partial charge in [-0.2, -0.15) is 0 Å². The minimum atomic E-state index is -1.08. The van der Waals surface area contributed by atoms with Crippen molar-refractivity contribution in [1.29, 1.82) is 0 Å². The van der Waals surface area contributed by atoms with E-state index in [-0.39, 0.29) is 5.91 Å². The second-order valence-corrected chi connectivity index (χ2v) is 9.83. The average Bonchev–Trinajstić information content (AvgIpc) is 3.16. The molecule has 1 aliphatic rings. The number of carbonyl (C=O) groups excluding carboxylic acids is 1. The number of rotatable bonds is 7. The van der Waals surface area contributed by atoms with Crippen molar-refractivity contribution in [2.45, 2.75) is 27.7 Å². The van der Waals surface area contributed by atoms with E-state index in [1.54, 1.807) is 29.2 Å². The number of aryl methyl sites for hydroxylation is 4. The lowest BCUT2D eigenvalue weighted by Crippen LogP contribution is -2.29. The van der Waals surface area contributed by atoms with E-state index in [0.717, 1.165) is 33.6 Å². The largest absolute Gasteiger partial charge is 0.493 e. The Kier molecular flexibility index (Phi) is 7.69. The highest BCUT2D eigenvalue weighted by atomic mass is 32.2. The Bertz CT molecular complexity index is 1440. The zero-order chi connectivity index (χ0) is 26.7. The number of nitrogens with zero attached hydrogens (tertiary/aromatic N) is 2. The molecule has 0 saturated carbocycles. The first kappa shape index (κ1) is 26.0. The molecule has 0 aromatic heterocycles. The molecule has 37 heavy (non-hydrogen) atoms. The molecule has 1 aliphatic heterocycles. The van der Waals surface area contributed by atoms with Crippen LogP contribution in [0.3, 0.4) is 0 Å². The van der Waals surface area contributed by atoms with Gasteiger partial charge in [-0.05, 0) is 97.6 Å². The fraction of sp³-hybridized carbons (Fsp3) is 0.207. The van der Waals surface area contributed by atoms with Crippen LogP contribution in [0, 0.1) is 27.7 Å². The van der Waals surface area contributed by atoms with Gasteiger partial charge in [0.05, 0.1) is 23.4 Å².